The van der Waals surface area contributed by atoms with E-state index in [0.717, 1.165) is 22.4 Å². The maximum Gasteiger partial charge on any atom is 0.175 e. The molecule has 0 fully saturated rings. The molecule has 1 aromatic heterocycles. The van der Waals surface area contributed by atoms with Crippen LogP contribution in [0, 0.1) is 5.82 Å². The standard InChI is InChI=1S/C23H19FN2O3S/c1-29-19-11-5-17(6-12-19)23-25-21(15-3-9-18(24)10-4-15)22(26-23)16-7-13-20(14-8-16)30(2,27)28/h3-14H,1-2H3,(H,25,26). The van der Waals surface area contributed by atoms with E-state index in [1.54, 1.807) is 43.5 Å². The molecule has 4 rings (SSSR count). The van der Waals surface area contributed by atoms with Crippen molar-refractivity contribution >= 4 is 9.84 Å². The average molecular weight is 422 g/mol. The van der Waals surface area contributed by atoms with Crippen LogP contribution < -0.4 is 4.74 Å². The van der Waals surface area contributed by atoms with Crippen molar-refractivity contribution in [3.63, 3.8) is 0 Å². The second-order valence-corrected chi connectivity index (χ2v) is 8.86. The Morgan fingerprint density at radius 3 is 1.97 bits per heavy atom. The summed E-state index contributed by atoms with van der Waals surface area (Å²) in [6.45, 7) is 0. The Kier molecular flexibility index (Phi) is 5.13. The first-order valence-corrected chi connectivity index (χ1v) is 11.0. The lowest BCUT2D eigenvalue weighted by molar-refractivity contribution is 0.415. The zero-order valence-corrected chi connectivity index (χ0v) is 17.2. The average Bonchev–Trinajstić information content (AvgIpc) is 3.19. The van der Waals surface area contributed by atoms with Crippen molar-refractivity contribution in [3.05, 3.63) is 78.6 Å². The SMILES string of the molecule is COc1ccc(-c2nc(-c3ccc(S(C)(=O)=O)cc3)c(-c3ccc(F)cc3)[nH]2)cc1. The minimum Gasteiger partial charge on any atom is -0.497 e. The van der Waals surface area contributed by atoms with Crippen molar-refractivity contribution in [1.82, 2.24) is 9.97 Å². The third-order valence-corrected chi connectivity index (χ3v) is 5.88. The van der Waals surface area contributed by atoms with Crippen LogP contribution in [0.25, 0.3) is 33.9 Å². The molecule has 0 radical (unpaired) electrons. The van der Waals surface area contributed by atoms with Gasteiger partial charge in [0.25, 0.3) is 0 Å². The number of rotatable bonds is 5. The summed E-state index contributed by atoms with van der Waals surface area (Å²) in [7, 11) is -1.69. The van der Waals surface area contributed by atoms with Gasteiger partial charge >= 0.3 is 0 Å². The van der Waals surface area contributed by atoms with Gasteiger partial charge < -0.3 is 9.72 Å². The van der Waals surface area contributed by atoms with Gasteiger partial charge in [0.15, 0.2) is 9.84 Å². The summed E-state index contributed by atoms with van der Waals surface area (Å²) >= 11 is 0. The minimum absolute atomic E-state index is 0.237. The van der Waals surface area contributed by atoms with Crippen LogP contribution in [0.3, 0.4) is 0 Å². The lowest BCUT2D eigenvalue weighted by Gasteiger charge is -2.04. The Balaban J connectivity index is 1.84. The number of ether oxygens (including phenoxy) is 1. The number of aromatic nitrogens is 2. The molecule has 0 amide bonds. The molecule has 0 bridgehead atoms. The summed E-state index contributed by atoms with van der Waals surface area (Å²) in [5.74, 6) is 1.05. The molecule has 5 nitrogen and oxygen atoms in total. The fraction of sp³-hybridized carbons (Fsp3) is 0.0870. The molecule has 0 aliphatic rings. The molecule has 0 atom stereocenters. The maximum atomic E-state index is 13.4. The summed E-state index contributed by atoms with van der Waals surface area (Å²) in [6, 6.07) is 20.2. The van der Waals surface area contributed by atoms with Gasteiger partial charge in [-0.25, -0.2) is 17.8 Å². The van der Waals surface area contributed by atoms with Gasteiger partial charge in [-0.05, 0) is 60.7 Å². The lowest BCUT2D eigenvalue weighted by atomic mass is 10.1. The number of nitrogens with zero attached hydrogens (tertiary/aromatic N) is 1. The number of halogens is 1. The Bertz CT molecular complexity index is 1280. The van der Waals surface area contributed by atoms with E-state index in [9.17, 15) is 12.8 Å². The first kappa shape index (κ1) is 19.8. The van der Waals surface area contributed by atoms with Gasteiger partial charge in [0, 0.05) is 22.9 Å². The number of sulfone groups is 1. The fourth-order valence-corrected chi connectivity index (χ4v) is 3.78. The van der Waals surface area contributed by atoms with E-state index >= 15 is 0 Å². The van der Waals surface area contributed by atoms with Crippen LogP contribution in [-0.2, 0) is 9.84 Å². The first-order chi connectivity index (χ1) is 14.3. The zero-order chi connectivity index (χ0) is 21.3. The van der Waals surface area contributed by atoms with E-state index < -0.39 is 9.84 Å². The Morgan fingerprint density at radius 1 is 0.833 bits per heavy atom. The number of H-pyrrole nitrogens is 1. The highest BCUT2D eigenvalue weighted by Crippen LogP contribution is 2.34. The normalized spacial score (nSPS) is 11.4. The summed E-state index contributed by atoms with van der Waals surface area (Å²) in [4.78, 5) is 8.32. The molecule has 0 saturated carbocycles. The maximum absolute atomic E-state index is 13.4. The number of hydrogen-bond acceptors (Lipinski definition) is 4. The van der Waals surface area contributed by atoms with Crippen LogP contribution in [-0.4, -0.2) is 31.8 Å². The lowest BCUT2D eigenvalue weighted by Crippen LogP contribution is -1.96. The Labute approximate surface area is 174 Å². The summed E-state index contributed by atoms with van der Waals surface area (Å²) in [6.07, 6.45) is 1.17. The predicted molar refractivity (Wildman–Crippen MR) is 115 cm³/mol. The van der Waals surface area contributed by atoms with Gasteiger partial charge in [0.2, 0.25) is 0 Å². The molecular weight excluding hydrogens is 403 g/mol. The smallest absolute Gasteiger partial charge is 0.175 e. The first-order valence-electron chi connectivity index (χ1n) is 9.16. The molecule has 4 aromatic rings. The molecular formula is C23H19FN2O3S. The number of benzene rings is 3. The summed E-state index contributed by atoms with van der Waals surface area (Å²) in [5.41, 5.74) is 3.74. The van der Waals surface area contributed by atoms with E-state index in [0.29, 0.717) is 17.2 Å². The van der Waals surface area contributed by atoms with Crippen LogP contribution in [0.4, 0.5) is 4.39 Å². The molecule has 152 valence electrons. The Morgan fingerprint density at radius 2 is 1.40 bits per heavy atom. The second kappa shape index (κ2) is 7.76. The molecule has 0 spiro atoms. The summed E-state index contributed by atoms with van der Waals surface area (Å²) < 4.78 is 42.2. The van der Waals surface area contributed by atoms with E-state index in [1.165, 1.54) is 18.4 Å². The number of nitrogens with one attached hydrogen (secondary N) is 1. The van der Waals surface area contributed by atoms with Gasteiger partial charge in [-0.15, -0.1) is 0 Å². The second-order valence-electron chi connectivity index (χ2n) is 6.84. The fourth-order valence-electron chi connectivity index (χ4n) is 3.15. The minimum atomic E-state index is -3.29. The predicted octanol–water partition coefficient (Wildman–Crippen LogP) is 4.96. The molecule has 1 N–H and O–H groups in total. The molecule has 7 heteroatoms. The van der Waals surface area contributed by atoms with Gasteiger partial charge in [-0.3, -0.25) is 0 Å². The summed E-state index contributed by atoms with van der Waals surface area (Å²) in [5, 5.41) is 0. The molecule has 0 unspecified atom stereocenters. The largest absolute Gasteiger partial charge is 0.497 e. The van der Waals surface area contributed by atoms with Crippen molar-refractivity contribution in [2.75, 3.05) is 13.4 Å². The van der Waals surface area contributed by atoms with E-state index in [1.807, 2.05) is 24.3 Å². The highest BCUT2D eigenvalue weighted by atomic mass is 32.2. The molecule has 0 saturated heterocycles. The monoisotopic (exact) mass is 422 g/mol. The molecule has 0 aliphatic carbocycles. The highest BCUT2D eigenvalue weighted by molar-refractivity contribution is 7.90. The van der Waals surface area contributed by atoms with Gasteiger partial charge in [0.1, 0.15) is 17.4 Å². The van der Waals surface area contributed by atoms with Crippen LogP contribution in [0.2, 0.25) is 0 Å². The van der Waals surface area contributed by atoms with Crippen molar-refractivity contribution in [2.24, 2.45) is 0 Å². The van der Waals surface area contributed by atoms with Gasteiger partial charge in [-0.2, -0.15) is 0 Å². The number of methoxy groups -OCH3 is 1. The molecule has 30 heavy (non-hydrogen) atoms. The van der Waals surface area contributed by atoms with Crippen LogP contribution >= 0.6 is 0 Å². The van der Waals surface area contributed by atoms with Crippen molar-refractivity contribution in [3.8, 4) is 39.7 Å². The number of imidazole rings is 1. The molecule has 1 heterocycles. The number of hydrogen-bond donors (Lipinski definition) is 1. The van der Waals surface area contributed by atoms with Crippen molar-refractivity contribution in [1.29, 1.82) is 0 Å². The van der Waals surface area contributed by atoms with Crippen LogP contribution in [0.5, 0.6) is 5.75 Å². The van der Waals surface area contributed by atoms with Crippen molar-refractivity contribution < 1.29 is 17.5 Å². The molecule has 3 aromatic carbocycles. The topological polar surface area (TPSA) is 72.0 Å². The van der Waals surface area contributed by atoms with E-state index in [2.05, 4.69) is 4.98 Å². The third-order valence-electron chi connectivity index (χ3n) is 4.76. The number of aromatic amines is 1. The molecule has 0 aliphatic heterocycles. The third kappa shape index (κ3) is 3.97. The van der Waals surface area contributed by atoms with Gasteiger partial charge in [-0.1, -0.05) is 12.1 Å². The van der Waals surface area contributed by atoms with E-state index in [4.69, 9.17) is 9.72 Å². The van der Waals surface area contributed by atoms with Crippen LogP contribution in [0.1, 0.15) is 0 Å². The Hall–Kier alpha value is -3.45. The van der Waals surface area contributed by atoms with E-state index in [-0.39, 0.29) is 10.7 Å². The highest BCUT2D eigenvalue weighted by Gasteiger charge is 2.16. The zero-order valence-electron chi connectivity index (χ0n) is 16.4. The van der Waals surface area contributed by atoms with Crippen LogP contribution in [0.15, 0.2) is 77.7 Å². The quantitative estimate of drug-likeness (QED) is 0.493. The van der Waals surface area contributed by atoms with Crippen molar-refractivity contribution in [2.45, 2.75) is 4.90 Å². The van der Waals surface area contributed by atoms with Gasteiger partial charge in [0.05, 0.1) is 23.4 Å².